The number of hydrogen-bond donors (Lipinski definition) is 6. The lowest BCUT2D eigenvalue weighted by molar-refractivity contribution is -0.464. The predicted molar refractivity (Wildman–Crippen MR) is 46.7 cm³/mol. The molecule has 1 atom stereocenters. The fourth-order valence-corrected chi connectivity index (χ4v) is 1.01. The molecule has 0 radical (unpaired) electrons. The highest BCUT2D eigenvalue weighted by Gasteiger charge is 2.51. The maximum Gasteiger partial charge on any atom is 0.335 e. The molecule has 0 aliphatic carbocycles. The normalized spacial score (nSPS) is 15.6. The zero-order valence-corrected chi connectivity index (χ0v) is 8.09. The summed E-state index contributed by atoms with van der Waals surface area (Å²) in [6.07, 6.45) is 0.289. The SMILES string of the molecule is CCCCCC(O)C(O)(O)C(O)(O)O. The van der Waals surface area contributed by atoms with E-state index in [1.54, 1.807) is 0 Å². The third kappa shape index (κ3) is 3.49. The Bertz CT molecular complexity index is 162. The molecular formula is C8H18O6. The molecule has 0 fully saturated rings. The number of aliphatic hydroxyl groups excluding tert-OH is 1. The smallest absolute Gasteiger partial charge is 0.335 e. The van der Waals surface area contributed by atoms with Crippen LogP contribution in [-0.4, -0.2) is 48.5 Å². The first-order valence-corrected chi connectivity index (χ1v) is 4.53. The van der Waals surface area contributed by atoms with Gasteiger partial charge in [-0.2, -0.15) is 0 Å². The van der Waals surface area contributed by atoms with Crippen LogP contribution in [0.2, 0.25) is 0 Å². The average Bonchev–Trinajstić information content (AvgIpc) is 2.02. The maximum atomic E-state index is 9.16. The van der Waals surface area contributed by atoms with Gasteiger partial charge < -0.3 is 30.6 Å². The molecule has 0 amide bonds. The Morgan fingerprint density at radius 2 is 1.50 bits per heavy atom. The van der Waals surface area contributed by atoms with Crippen LogP contribution in [0.3, 0.4) is 0 Å². The highest BCUT2D eigenvalue weighted by atomic mass is 16.7. The highest BCUT2D eigenvalue weighted by molar-refractivity contribution is 4.81. The Labute approximate surface area is 82.1 Å². The second-order valence-corrected chi connectivity index (χ2v) is 3.37. The van der Waals surface area contributed by atoms with Crippen molar-refractivity contribution in [3.05, 3.63) is 0 Å². The molecule has 1 unspecified atom stereocenters. The standard InChI is InChI=1S/C8H18O6/c1-2-3-4-5-6(9)7(10,11)8(12,13)14/h6,9-14H,2-5H2,1H3. The molecule has 6 N–H and O–H groups in total. The quantitative estimate of drug-likeness (QED) is 0.228. The molecule has 86 valence electrons. The summed E-state index contributed by atoms with van der Waals surface area (Å²) in [7, 11) is 0. The molecule has 0 bridgehead atoms. The van der Waals surface area contributed by atoms with Gasteiger partial charge in [-0.05, 0) is 6.42 Å². The van der Waals surface area contributed by atoms with Crippen LogP contribution in [0.15, 0.2) is 0 Å². The minimum Gasteiger partial charge on any atom is -0.387 e. The first kappa shape index (κ1) is 13.8. The molecule has 0 saturated carbocycles. The van der Waals surface area contributed by atoms with Gasteiger partial charge in [0.2, 0.25) is 0 Å². The molecule has 0 aromatic rings. The van der Waals surface area contributed by atoms with E-state index in [4.69, 9.17) is 30.6 Å². The Balaban J connectivity index is 4.15. The van der Waals surface area contributed by atoms with Crippen molar-refractivity contribution in [2.24, 2.45) is 0 Å². The molecule has 0 spiro atoms. The minimum absolute atomic E-state index is 0.0374. The number of aliphatic hydroxyl groups is 6. The van der Waals surface area contributed by atoms with Crippen molar-refractivity contribution in [1.82, 2.24) is 0 Å². The van der Waals surface area contributed by atoms with Crippen molar-refractivity contribution in [3.63, 3.8) is 0 Å². The van der Waals surface area contributed by atoms with E-state index < -0.39 is 17.9 Å². The Kier molecular flexibility index (Phi) is 4.93. The Morgan fingerprint density at radius 3 is 1.86 bits per heavy atom. The molecule has 6 heteroatoms. The topological polar surface area (TPSA) is 121 Å². The molecule has 0 heterocycles. The van der Waals surface area contributed by atoms with Crippen LogP contribution in [0.4, 0.5) is 0 Å². The highest BCUT2D eigenvalue weighted by Crippen LogP contribution is 2.22. The van der Waals surface area contributed by atoms with Crippen molar-refractivity contribution >= 4 is 0 Å². The molecule has 14 heavy (non-hydrogen) atoms. The van der Waals surface area contributed by atoms with E-state index in [0.717, 1.165) is 12.8 Å². The summed E-state index contributed by atoms with van der Waals surface area (Å²) in [5.74, 6) is -7.06. The summed E-state index contributed by atoms with van der Waals surface area (Å²) in [6, 6.07) is 0. The van der Waals surface area contributed by atoms with Gasteiger partial charge in [0.05, 0.1) is 0 Å². The van der Waals surface area contributed by atoms with Crippen LogP contribution in [0.25, 0.3) is 0 Å². The lowest BCUT2D eigenvalue weighted by Gasteiger charge is -2.33. The molecule has 0 aliphatic rings. The van der Waals surface area contributed by atoms with Gasteiger partial charge in [0.1, 0.15) is 6.10 Å². The Hall–Kier alpha value is -0.240. The minimum atomic E-state index is -3.72. The van der Waals surface area contributed by atoms with Crippen molar-refractivity contribution in [1.29, 1.82) is 0 Å². The summed E-state index contributed by atoms with van der Waals surface area (Å²) in [6.45, 7) is 1.92. The second kappa shape index (κ2) is 5.01. The van der Waals surface area contributed by atoms with E-state index >= 15 is 0 Å². The third-order valence-electron chi connectivity index (χ3n) is 2.04. The van der Waals surface area contributed by atoms with E-state index in [1.807, 2.05) is 6.92 Å². The molecule has 0 aliphatic heterocycles. The summed E-state index contributed by atoms with van der Waals surface area (Å²) < 4.78 is 0. The summed E-state index contributed by atoms with van der Waals surface area (Å²) in [5, 5.41) is 52.7. The lowest BCUT2D eigenvalue weighted by Crippen LogP contribution is -2.61. The molecule has 0 aromatic heterocycles. The maximum absolute atomic E-state index is 9.16. The van der Waals surface area contributed by atoms with E-state index in [2.05, 4.69) is 0 Å². The molecule has 6 nitrogen and oxygen atoms in total. The lowest BCUT2D eigenvalue weighted by atomic mass is 10.0. The molecule has 0 rings (SSSR count). The van der Waals surface area contributed by atoms with Gasteiger partial charge in [0.15, 0.2) is 0 Å². The van der Waals surface area contributed by atoms with E-state index in [-0.39, 0.29) is 6.42 Å². The van der Waals surface area contributed by atoms with Crippen LogP contribution >= 0.6 is 0 Å². The van der Waals surface area contributed by atoms with Crippen LogP contribution in [-0.2, 0) is 0 Å². The summed E-state index contributed by atoms with van der Waals surface area (Å²) in [4.78, 5) is 0. The van der Waals surface area contributed by atoms with Gasteiger partial charge in [0.25, 0.3) is 5.79 Å². The van der Waals surface area contributed by atoms with Crippen molar-refractivity contribution < 1.29 is 30.6 Å². The average molecular weight is 210 g/mol. The van der Waals surface area contributed by atoms with Gasteiger partial charge in [-0.3, -0.25) is 0 Å². The van der Waals surface area contributed by atoms with Gasteiger partial charge >= 0.3 is 5.97 Å². The number of rotatable bonds is 6. The van der Waals surface area contributed by atoms with Crippen LogP contribution in [0.1, 0.15) is 32.6 Å². The van der Waals surface area contributed by atoms with Crippen molar-refractivity contribution in [3.8, 4) is 0 Å². The van der Waals surface area contributed by atoms with E-state index in [9.17, 15) is 0 Å². The fourth-order valence-electron chi connectivity index (χ4n) is 1.01. The van der Waals surface area contributed by atoms with Gasteiger partial charge in [-0.1, -0.05) is 26.2 Å². The number of unbranched alkanes of at least 4 members (excludes halogenated alkanes) is 2. The summed E-state index contributed by atoms with van der Waals surface area (Å²) >= 11 is 0. The van der Waals surface area contributed by atoms with Gasteiger partial charge in [-0.15, -0.1) is 0 Å². The second-order valence-electron chi connectivity index (χ2n) is 3.37. The van der Waals surface area contributed by atoms with Gasteiger partial charge in [0, 0.05) is 0 Å². The van der Waals surface area contributed by atoms with Gasteiger partial charge in [-0.25, -0.2) is 0 Å². The first-order valence-electron chi connectivity index (χ1n) is 4.53. The zero-order chi connectivity index (χ0) is 11.4. The number of hydrogen-bond acceptors (Lipinski definition) is 6. The van der Waals surface area contributed by atoms with Crippen LogP contribution in [0.5, 0.6) is 0 Å². The summed E-state index contributed by atoms with van der Waals surface area (Å²) in [5.41, 5.74) is 0. The van der Waals surface area contributed by atoms with E-state index in [1.165, 1.54) is 0 Å². The van der Waals surface area contributed by atoms with Crippen LogP contribution < -0.4 is 0 Å². The van der Waals surface area contributed by atoms with Crippen LogP contribution in [0, 0.1) is 0 Å². The molecule has 0 aromatic carbocycles. The third-order valence-corrected chi connectivity index (χ3v) is 2.04. The monoisotopic (exact) mass is 210 g/mol. The zero-order valence-electron chi connectivity index (χ0n) is 8.09. The largest absolute Gasteiger partial charge is 0.387 e. The predicted octanol–water partition coefficient (Wildman–Crippen LogP) is -1.76. The molecular weight excluding hydrogens is 192 g/mol. The fraction of sp³-hybridized carbons (Fsp3) is 1.00. The molecule has 0 saturated heterocycles. The van der Waals surface area contributed by atoms with Crippen molar-refractivity contribution in [2.45, 2.75) is 50.5 Å². The van der Waals surface area contributed by atoms with E-state index in [0.29, 0.717) is 6.42 Å². The Morgan fingerprint density at radius 1 is 1.00 bits per heavy atom. The van der Waals surface area contributed by atoms with Crippen molar-refractivity contribution in [2.75, 3.05) is 0 Å². The first-order chi connectivity index (χ1) is 6.23.